The fourth-order valence-electron chi connectivity index (χ4n) is 2.30. The van der Waals surface area contributed by atoms with E-state index in [2.05, 4.69) is 10.3 Å². The number of nitrogens with zero attached hydrogens (tertiary/aromatic N) is 1. The summed E-state index contributed by atoms with van der Waals surface area (Å²) in [6, 6.07) is 7.70. The molecule has 0 saturated carbocycles. The van der Waals surface area contributed by atoms with Gasteiger partial charge in [0.25, 0.3) is 5.91 Å². The van der Waals surface area contributed by atoms with Gasteiger partial charge in [-0.15, -0.1) is 0 Å². The first kappa shape index (κ1) is 20.8. The highest BCUT2D eigenvalue weighted by Crippen LogP contribution is 2.29. The van der Waals surface area contributed by atoms with Crippen LogP contribution in [-0.4, -0.2) is 37.7 Å². The molecule has 0 bridgehead atoms. The maximum atomic E-state index is 12.1. The van der Waals surface area contributed by atoms with Crippen molar-refractivity contribution in [1.82, 2.24) is 10.3 Å². The number of benzene rings is 1. The van der Waals surface area contributed by atoms with E-state index in [1.165, 1.54) is 19.2 Å². The summed E-state index contributed by atoms with van der Waals surface area (Å²) >= 11 is 11.6. The number of esters is 1. The molecule has 0 aliphatic rings. The van der Waals surface area contributed by atoms with Crippen molar-refractivity contribution in [2.24, 2.45) is 0 Å². The van der Waals surface area contributed by atoms with Crippen molar-refractivity contribution < 1.29 is 23.8 Å². The second kappa shape index (κ2) is 9.43. The van der Waals surface area contributed by atoms with Gasteiger partial charge in [-0.1, -0.05) is 23.2 Å². The molecule has 1 atom stereocenters. The molecule has 1 heterocycles. The van der Waals surface area contributed by atoms with Gasteiger partial charge in [0.15, 0.2) is 12.3 Å². The number of methoxy groups -OCH3 is 2. The zero-order valence-electron chi connectivity index (χ0n) is 14.9. The highest BCUT2D eigenvalue weighted by atomic mass is 35.5. The molecule has 144 valence electrons. The van der Waals surface area contributed by atoms with Gasteiger partial charge in [0, 0.05) is 5.56 Å². The van der Waals surface area contributed by atoms with Crippen LogP contribution in [0, 0.1) is 0 Å². The van der Waals surface area contributed by atoms with Crippen LogP contribution in [0.3, 0.4) is 0 Å². The normalized spacial score (nSPS) is 11.4. The fourth-order valence-corrected chi connectivity index (χ4v) is 2.63. The molecule has 0 aliphatic heterocycles. The predicted octanol–water partition coefficient (Wildman–Crippen LogP) is 3.44. The predicted molar refractivity (Wildman–Crippen MR) is 101 cm³/mol. The third kappa shape index (κ3) is 5.48. The molecule has 2 aromatic rings. The lowest BCUT2D eigenvalue weighted by atomic mass is 10.1. The average Bonchev–Trinajstić information content (AvgIpc) is 2.67. The summed E-state index contributed by atoms with van der Waals surface area (Å²) in [6.45, 7) is 1.27. The fraction of sp³-hybridized carbons (Fsp3) is 0.278. The zero-order chi connectivity index (χ0) is 20.0. The SMILES string of the molecule is COc1ccc(OC)c(C(C)NC(=O)COC(=O)c2nc(Cl)ccc2Cl)c1. The van der Waals surface area contributed by atoms with Crippen molar-refractivity contribution in [3.63, 3.8) is 0 Å². The number of rotatable bonds is 7. The lowest BCUT2D eigenvalue weighted by Gasteiger charge is -2.18. The third-order valence-corrected chi connectivity index (χ3v) is 4.14. The Labute approximate surface area is 166 Å². The molecule has 1 amide bonds. The Balaban J connectivity index is 1.99. The molecule has 27 heavy (non-hydrogen) atoms. The Kier molecular flexibility index (Phi) is 7.27. The van der Waals surface area contributed by atoms with Gasteiger partial charge in [-0.05, 0) is 37.3 Å². The minimum Gasteiger partial charge on any atom is -0.497 e. The Morgan fingerprint density at radius 2 is 1.89 bits per heavy atom. The van der Waals surface area contributed by atoms with Crippen LogP contribution >= 0.6 is 23.2 Å². The van der Waals surface area contributed by atoms with Crippen molar-refractivity contribution in [1.29, 1.82) is 0 Å². The molecular weight excluding hydrogens is 395 g/mol. The van der Waals surface area contributed by atoms with Crippen LogP contribution in [0.5, 0.6) is 11.5 Å². The molecule has 1 aromatic carbocycles. The van der Waals surface area contributed by atoms with Crippen LogP contribution in [0.1, 0.15) is 29.0 Å². The number of hydrogen-bond acceptors (Lipinski definition) is 6. The summed E-state index contributed by atoms with van der Waals surface area (Å²) in [4.78, 5) is 27.9. The number of amides is 1. The Morgan fingerprint density at radius 1 is 1.15 bits per heavy atom. The first-order valence-corrected chi connectivity index (χ1v) is 8.61. The summed E-state index contributed by atoms with van der Waals surface area (Å²) < 4.78 is 15.4. The monoisotopic (exact) mass is 412 g/mol. The first-order valence-electron chi connectivity index (χ1n) is 7.86. The molecule has 0 radical (unpaired) electrons. The van der Waals surface area contributed by atoms with Crippen molar-refractivity contribution in [3.05, 3.63) is 51.8 Å². The van der Waals surface area contributed by atoms with Gasteiger partial charge in [0.1, 0.15) is 16.7 Å². The number of aromatic nitrogens is 1. The number of halogens is 2. The first-order chi connectivity index (χ1) is 12.8. The van der Waals surface area contributed by atoms with Gasteiger partial charge in [-0.2, -0.15) is 0 Å². The van der Waals surface area contributed by atoms with Gasteiger partial charge < -0.3 is 19.5 Å². The van der Waals surface area contributed by atoms with Crippen molar-refractivity contribution in [2.75, 3.05) is 20.8 Å². The number of pyridine rings is 1. The number of ether oxygens (including phenoxy) is 3. The minimum atomic E-state index is -0.843. The van der Waals surface area contributed by atoms with Gasteiger partial charge in [-0.3, -0.25) is 4.79 Å². The minimum absolute atomic E-state index is 0.0827. The smallest absolute Gasteiger partial charge is 0.359 e. The summed E-state index contributed by atoms with van der Waals surface area (Å²) in [6.07, 6.45) is 0. The van der Waals surface area contributed by atoms with Gasteiger partial charge >= 0.3 is 5.97 Å². The standard InChI is InChI=1S/C18H18Cl2N2O5/c1-10(12-8-11(25-2)4-6-14(12)26-3)21-16(23)9-27-18(24)17-13(19)5-7-15(20)22-17/h4-8,10H,9H2,1-3H3,(H,21,23). The quantitative estimate of drug-likeness (QED) is 0.553. The Morgan fingerprint density at radius 3 is 2.56 bits per heavy atom. The third-order valence-electron chi connectivity index (χ3n) is 3.62. The van der Waals surface area contributed by atoms with E-state index in [4.69, 9.17) is 37.4 Å². The molecule has 0 fully saturated rings. The number of carbonyl (C=O) groups is 2. The van der Waals surface area contributed by atoms with E-state index in [-0.39, 0.29) is 15.9 Å². The maximum absolute atomic E-state index is 12.1. The van der Waals surface area contributed by atoms with Crippen molar-refractivity contribution in [3.8, 4) is 11.5 Å². The van der Waals surface area contributed by atoms with Crippen LogP contribution in [0.2, 0.25) is 10.2 Å². The summed E-state index contributed by atoms with van der Waals surface area (Å²) in [5.74, 6) is -0.126. The van der Waals surface area contributed by atoms with E-state index >= 15 is 0 Å². The van der Waals surface area contributed by atoms with Gasteiger partial charge in [0.05, 0.1) is 25.3 Å². The molecule has 9 heteroatoms. The topological polar surface area (TPSA) is 86.8 Å². The summed E-state index contributed by atoms with van der Waals surface area (Å²) in [5.41, 5.74) is 0.565. The zero-order valence-corrected chi connectivity index (χ0v) is 16.4. The molecular formula is C18H18Cl2N2O5. The summed E-state index contributed by atoms with van der Waals surface area (Å²) in [5, 5.41) is 2.90. The van der Waals surface area contributed by atoms with Crippen LogP contribution in [-0.2, 0) is 9.53 Å². The molecule has 1 unspecified atom stereocenters. The molecule has 0 spiro atoms. The Hall–Kier alpha value is -2.51. The lowest BCUT2D eigenvalue weighted by Crippen LogP contribution is -2.31. The molecule has 0 aliphatic carbocycles. The maximum Gasteiger partial charge on any atom is 0.359 e. The summed E-state index contributed by atoms with van der Waals surface area (Å²) in [7, 11) is 3.08. The number of carbonyl (C=O) groups excluding carboxylic acids is 2. The van der Waals surface area contributed by atoms with E-state index in [1.807, 2.05) is 0 Å². The van der Waals surface area contributed by atoms with Gasteiger partial charge in [0.2, 0.25) is 0 Å². The van der Waals surface area contributed by atoms with E-state index in [1.54, 1.807) is 32.2 Å². The molecule has 7 nitrogen and oxygen atoms in total. The average molecular weight is 413 g/mol. The number of hydrogen-bond donors (Lipinski definition) is 1. The second-order valence-corrected chi connectivity index (χ2v) is 6.23. The van der Waals surface area contributed by atoms with Gasteiger partial charge in [-0.25, -0.2) is 9.78 Å². The molecule has 2 rings (SSSR count). The molecule has 1 aromatic heterocycles. The van der Waals surface area contributed by atoms with E-state index < -0.39 is 24.5 Å². The van der Waals surface area contributed by atoms with Crippen molar-refractivity contribution in [2.45, 2.75) is 13.0 Å². The number of nitrogens with one attached hydrogen (secondary N) is 1. The largest absolute Gasteiger partial charge is 0.497 e. The van der Waals surface area contributed by atoms with Crippen LogP contribution < -0.4 is 14.8 Å². The molecule has 0 saturated heterocycles. The van der Waals surface area contributed by atoms with Crippen LogP contribution in [0.15, 0.2) is 30.3 Å². The highest BCUT2D eigenvalue weighted by Gasteiger charge is 2.19. The second-order valence-electron chi connectivity index (χ2n) is 5.44. The van der Waals surface area contributed by atoms with Crippen LogP contribution in [0.25, 0.3) is 0 Å². The van der Waals surface area contributed by atoms with Crippen LogP contribution in [0.4, 0.5) is 0 Å². The van der Waals surface area contributed by atoms with Crippen molar-refractivity contribution >= 4 is 35.1 Å². The van der Waals surface area contributed by atoms with E-state index in [9.17, 15) is 9.59 Å². The highest BCUT2D eigenvalue weighted by molar-refractivity contribution is 6.34. The molecule has 1 N–H and O–H groups in total. The lowest BCUT2D eigenvalue weighted by molar-refractivity contribution is -0.124. The Bertz CT molecular complexity index is 844. The van der Waals surface area contributed by atoms with E-state index in [0.717, 1.165) is 5.56 Å². The van der Waals surface area contributed by atoms with E-state index in [0.29, 0.717) is 11.5 Å².